The number of carboxylic acids is 1. The molecular weight excluding hydrogens is 354 g/mol. The van der Waals surface area contributed by atoms with Gasteiger partial charge in [-0.3, -0.25) is 4.99 Å². The first-order chi connectivity index (χ1) is 13.6. The quantitative estimate of drug-likeness (QED) is 0.820. The molecule has 0 amide bonds. The number of ether oxygens (including phenoxy) is 2. The topological polar surface area (TPSA) is 68.1 Å². The van der Waals surface area contributed by atoms with Gasteiger partial charge in [-0.2, -0.15) is 0 Å². The standard InChI is InChI=1S/C23H25NO4/c1-3-28-21-13-18-17(12-20(21)27-2)16-6-4-5-7-19(16)24-22(18)14-8-10-15(11-9-14)23(25)26/h8-13,16,19H,3-7H2,1-2H3,(H,25,26)/t16-,19-/m1/s1. The molecular formula is C23H25NO4. The van der Waals surface area contributed by atoms with Crippen molar-refractivity contribution in [1.82, 2.24) is 0 Å². The van der Waals surface area contributed by atoms with E-state index in [0.717, 1.165) is 35.4 Å². The van der Waals surface area contributed by atoms with Crippen LogP contribution in [0.4, 0.5) is 0 Å². The number of rotatable bonds is 5. The number of benzene rings is 2. The van der Waals surface area contributed by atoms with Gasteiger partial charge in [0.1, 0.15) is 0 Å². The molecule has 0 bridgehead atoms. The fourth-order valence-electron chi connectivity index (χ4n) is 4.38. The summed E-state index contributed by atoms with van der Waals surface area (Å²) < 4.78 is 11.4. The van der Waals surface area contributed by atoms with Crippen LogP contribution in [0.2, 0.25) is 0 Å². The van der Waals surface area contributed by atoms with Crippen molar-refractivity contribution in [3.63, 3.8) is 0 Å². The minimum absolute atomic E-state index is 0.262. The predicted octanol–water partition coefficient (Wildman–Crippen LogP) is 4.67. The summed E-state index contributed by atoms with van der Waals surface area (Å²) in [5, 5.41) is 9.19. The van der Waals surface area contributed by atoms with Crippen LogP contribution in [0.5, 0.6) is 11.5 Å². The van der Waals surface area contributed by atoms with Gasteiger partial charge in [0.15, 0.2) is 11.5 Å². The zero-order chi connectivity index (χ0) is 19.7. The van der Waals surface area contributed by atoms with Gasteiger partial charge in [0.2, 0.25) is 0 Å². The molecule has 2 aromatic rings. The minimum atomic E-state index is -0.923. The molecule has 28 heavy (non-hydrogen) atoms. The Hall–Kier alpha value is -2.82. The summed E-state index contributed by atoms with van der Waals surface area (Å²) in [6.45, 7) is 2.51. The highest BCUT2D eigenvalue weighted by atomic mass is 16.5. The van der Waals surface area contributed by atoms with Crippen LogP contribution in [0.15, 0.2) is 41.4 Å². The smallest absolute Gasteiger partial charge is 0.335 e. The lowest BCUT2D eigenvalue weighted by molar-refractivity contribution is 0.0697. The number of aliphatic imine (C=N–C) groups is 1. The summed E-state index contributed by atoms with van der Waals surface area (Å²) in [6.07, 6.45) is 4.62. The maximum atomic E-state index is 11.2. The van der Waals surface area contributed by atoms with E-state index >= 15 is 0 Å². The van der Waals surface area contributed by atoms with Gasteiger partial charge in [-0.1, -0.05) is 25.0 Å². The van der Waals surface area contributed by atoms with Crippen molar-refractivity contribution in [2.45, 2.75) is 44.6 Å². The molecule has 5 heteroatoms. The Morgan fingerprint density at radius 1 is 1.14 bits per heavy atom. The van der Waals surface area contributed by atoms with E-state index in [1.807, 2.05) is 25.1 Å². The normalized spacial score (nSPS) is 20.6. The van der Waals surface area contributed by atoms with Crippen molar-refractivity contribution < 1.29 is 19.4 Å². The summed E-state index contributed by atoms with van der Waals surface area (Å²) in [5.74, 6) is 0.948. The molecule has 1 fully saturated rings. The van der Waals surface area contributed by atoms with E-state index < -0.39 is 5.97 Å². The Kier molecular flexibility index (Phi) is 5.07. The number of hydrogen-bond donors (Lipinski definition) is 1. The summed E-state index contributed by atoms with van der Waals surface area (Å²) in [4.78, 5) is 16.3. The maximum Gasteiger partial charge on any atom is 0.335 e. The van der Waals surface area contributed by atoms with Gasteiger partial charge < -0.3 is 14.6 Å². The average Bonchev–Trinajstić information content (AvgIpc) is 2.73. The molecule has 1 aliphatic carbocycles. The summed E-state index contributed by atoms with van der Waals surface area (Å²) in [5.41, 5.74) is 4.45. The number of aromatic carboxylic acids is 1. The highest BCUT2D eigenvalue weighted by molar-refractivity contribution is 6.15. The third-order valence-electron chi connectivity index (χ3n) is 5.72. The first kappa shape index (κ1) is 18.5. The molecule has 1 heterocycles. The van der Waals surface area contributed by atoms with Crippen LogP contribution in [0, 0.1) is 0 Å². The molecule has 1 saturated carbocycles. The molecule has 1 aliphatic heterocycles. The third kappa shape index (κ3) is 3.26. The second-order valence-corrected chi connectivity index (χ2v) is 7.34. The zero-order valence-corrected chi connectivity index (χ0v) is 16.3. The van der Waals surface area contributed by atoms with Gasteiger partial charge in [0, 0.05) is 17.0 Å². The van der Waals surface area contributed by atoms with Crippen LogP contribution in [-0.4, -0.2) is 36.5 Å². The number of hydrogen-bond acceptors (Lipinski definition) is 4. The molecule has 146 valence electrons. The van der Waals surface area contributed by atoms with Gasteiger partial charge in [0.05, 0.1) is 31.0 Å². The highest BCUT2D eigenvalue weighted by Crippen LogP contribution is 2.44. The number of methoxy groups -OCH3 is 1. The molecule has 1 N–H and O–H groups in total. The van der Waals surface area contributed by atoms with Crippen LogP contribution in [0.3, 0.4) is 0 Å². The molecule has 0 radical (unpaired) electrons. The first-order valence-corrected chi connectivity index (χ1v) is 9.89. The van der Waals surface area contributed by atoms with E-state index in [4.69, 9.17) is 14.5 Å². The van der Waals surface area contributed by atoms with Crippen LogP contribution in [-0.2, 0) is 0 Å². The number of carbonyl (C=O) groups is 1. The van der Waals surface area contributed by atoms with Crippen LogP contribution in [0.1, 0.15) is 65.6 Å². The number of carboxylic acid groups (broad SMARTS) is 1. The SMILES string of the molecule is CCOc1cc2c(cc1OC)[C@H]1CCCC[C@H]1N=C2c1ccc(C(=O)O)cc1. The Morgan fingerprint density at radius 3 is 2.57 bits per heavy atom. The zero-order valence-electron chi connectivity index (χ0n) is 16.3. The molecule has 2 atom stereocenters. The van der Waals surface area contributed by atoms with Crippen molar-refractivity contribution >= 4 is 11.7 Å². The fraction of sp³-hybridized carbons (Fsp3) is 0.391. The van der Waals surface area contributed by atoms with Crippen molar-refractivity contribution in [1.29, 1.82) is 0 Å². The number of fused-ring (bicyclic) bond motifs is 3. The largest absolute Gasteiger partial charge is 0.493 e. The van der Waals surface area contributed by atoms with Gasteiger partial charge in [0.25, 0.3) is 0 Å². The van der Waals surface area contributed by atoms with E-state index in [1.54, 1.807) is 19.2 Å². The van der Waals surface area contributed by atoms with Gasteiger partial charge in [-0.25, -0.2) is 4.79 Å². The van der Waals surface area contributed by atoms with Gasteiger partial charge >= 0.3 is 5.97 Å². The fourth-order valence-corrected chi connectivity index (χ4v) is 4.38. The second kappa shape index (κ2) is 7.66. The van der Waals surface area contributed by atoms with Crippen molar-refractivity contribution in [3.8, 4) is 11.5 Å². The lowest BCUT2D eigenvalue weighted by Gasteiger charge is -2.35. The molecule has 4 rings (SSSR count). The monoisotopic (exact) mass is 379 g/mol. The lowest BCUT2D eigenvalue weighted by atomic mass is 9.75. The maximum absolute atomic E-state index is 11.2. The molecule has 0 spiro atoms. The van der Waals surface area contributed by atoms with E-state index in [0.29, 0.717) is 18.3 Å². The van der Waals surface area contributed by atoms with Crippen molar-refractivity contribution in [3.05, 3.63) is 58.7 Å². The summed E-state index contributed by atoms with van der Waals surface area (Å²) in [6, 6.07) is 11.4. The van der Waals surface area contributed by atoms with Gasteiger partial charge in [-0.05, 0) is 49.6 Å². The molecule has 2 aliphatic rings. The molecule has 0 aromatic heterocycles. The highest BCUT2D eigenvalue weighted by Gasteiger charge is 2.34. The molecule has 2 aromatic carbocycles. The molecule has 0 unspecified atom stereocenters. The van der Waals surface area contributed by atoms with E-state index in [1.165, 1.54) is 18.4 Å². The van der Waals surface area contributed by atoms with E-state index in [9.17, 15) is 9.90 Å². The van der Waals surface area contributed by atoms with Crippen LogP contribution < -0.4 is 9.47 Å². The summed E-state index contributed by atoms with van der Waals surface area (Å²) in [7, 11) is 1.67. The Labute approximate surface area is 165 Å². The predicted molar refractivity (Wildman–Crippen MR) is 108 cm³/mol. The van der Waals surface area contributed by atoms with Crippen LogP contribution >= 0.6 is 0 Å². The Balaban J connectivity index is 1.85. The average molecular weight is 379 g/mol. The molecule has 5 nitrogen and oxygen atoms in total. The minimum Gasteiger partial charge on any atom is -0.493 e. The summed E-state index contributed by atoms with van der Waals surface area (Å²) >= 11 is 0. The van der Waals surface area contributed by atoms with E-state index in [-0.39, 0.29) is 11.6 Å². The molecule has 0 saturated heterocycles. The van der Waals surface area contributed by atoms with Crippen LogP contribution in [0.25, 0.3) is 0 Å². The van der Waals surface area contributed by atoms with Gasteiger partial charge in [-0.15, -0.1) is 0 Å². The second-order valence-electron chi connectivity index (χ2n) is 7.34. The van der Waals surface area contributed by atoms with Crippen molar-refractivity contribution in [2.24, 2.45) is 4.99 Å². The Morgan fingerprint density at radius 2 is 1.89 bits per heavy atom. The lowest BCUT2D eigenvalue weighted by Crippen LogP contribution is -2.29. The first-order valence-electron chi connectivity index (χ1n) is 9.89. The number of nitrogens with zero attached hydrogens (tertiary/aromatic N) is 1. The van der Waals surface area contributed by atoms with Crippen molar-refractivity contribution in [2.75, 3.05) is 13.7 Å². The third-order valence-corrected chi connectivity index (χ3v) is 5.72. The Bertz CT molecular complexity index is 917. The van der Waals surface area contributed by atoms with E-state index in [2.05, 4.69) is 6.07 Å².